The number of aromatic nitrogens is 1. The maximum Gasteiger partial charge on any atom is 0.247 e. The van der Waals surface area contributed by atoms with Crippen molar-refractivity contribution in [2.24, 2.45) is 0 Å². The van der Waals surface area contributed by atoms with Gasteiger partial charge in [0.25, 0.3) is 0 Å². The van der Waals surface area contributed by atoms with Crippen LogP contribution in [-0.4, -0.2) is 63.2 Å². The summed E-state index contributed by atoms with van der Waals surface area (Å²) in [5.74, 6) is 1.04. The molecule has 0 radical (unpaired) electrons. The lowest BCUT2D eigenvalue weighted by Crippen LogP contribution is -2.44. The first kappa shape index (κ1) is 21.0. The van der Waals surface area contributed by atoms with E-state index >= 15 is 0 Å². The molecule has 2 heterocycles. The molecule has 1 amide bonds. The topological polar surface area (TPSA) is 66.9 Å². The smallest absolute Gasteiger partial charge is 0.247 e. The van der Waals surface area contributed by atoms with E-state index in [0.717, 1.165) is 47.5 Å². The molecule has 1 aliphatic heterocycles. The van der Waals surface area contributed by atoms with Crippen molar-refractivity contribution in [1.82, 2.24) is 9.88 Å². The number of likely N-dealkylation sites (N-methyl/N-ethyl adjacent to an activating group) is 1. The van der Waals surface area contributed by atoms with Crippen LogP contribution in [0, 0.1) is 0 Å². The number of carbonyl (C=O) groups is 1. The number of nitrogens with zero attached hydrogens (tertiary/aromatic N) is 3. The Morgan fingerprint density at radius 2 is 1.97 bits per heavy atom. The van der Waals surface area contributed by atoms with Gasteiger partial charge in [0.2, 0.25) is 11.8 Å². The molecule has 1 aromatic heterocycles. The van der Waals surface area contributed by atoms with Crippen LogP contribution in [0.5, 0.6) is 11.6 Å². The number of nitrogens with one attached hydrogen (secondary N) is 1. The molecule has 0 bridgehead atoms. The summed E-state index contributed by atoms with van der Waals surface area (Å²) in [6, 6.07) is 9.49. The minimum absolute atomic E-state index is 0.245. The summed E-state index contributed by atoms with van der Waals surface area (Å²) in [7, 11) is 5.41. The molecular weight excluding hydrogens is 388 g/mol. The number of hydrogen-bond donors (Lipinski definition) is 1. The number of anilines is 2. The number of benzene rings is 1. The Hall–Kier alpha value is -2.71. The minimum Gasteiger partial charge on any atom is -0.494 e. The number of pyridine rings is 1. The van der Waals surface area contributed by atoms with Gasteiger partial charge in [-0.1, -0.05) is 24.4 Å². The molecule has 0 aliphatic carbocycles. The first-order valence-electron chi connectivity index (χ1n) is 9.32. The van der Waals surface area contributed by atoms with E-state index in [9.17, 15) is 4.79 Å². The molecule has 1 aliphatic rings. The largest absolute Gasteiger partial charge is 0.494 e. The molecule has 1 saturated heterocycles. The lowest BCUT2D eigenvalue weighted by molar-refractivity contribution is -0.111. The van der Waals surface area contributed by atoms with Crippen molar-refractivity contribution in [2.45, 2.75) is 9.92 Å². The van der Waals surface area contributed by atoms with E-state index in [2.05, 4.69) is 28.7 Å². The number of ether oxygens (including phenoxy) is 2. The van der Waals surface area contributed by atoms with Gasteiger partial charge in [-0.15, -0.1) is 0 Å². The highest BCUT2D eigenvalue weighted by atomic mass is 32.2. The summed E-state index contributed by atoms with van der Waals surface area (Å²) in [5, 5.41) is 3.52. The molecule has 154 valence electrons. The predicted molar refractivity (Wildman–Crippen MR) is 116 cm³/mol. The number of hydrogen-bond acceptors (Lipinski definition) is 7. The van der Waals surface area contributed by atoms with Gasteiger partial charge in [0.15, 0.2) is 0 Å². The second-order valence-electron chi connectivity index (χ2n) is 6.63. The third-order valence-electron chi connectivity index (χ3n) is 4.64. The van der Waals surface area contributed by atoms with Crippen LogP contribution in [0.3, 0.4) is 0 Å². The molecule has 1 N–H and O–H groups in total. The molecule has 0 atom stereocenters. The molecular formula is C21H26N4O3S. The quantitative estimate of drug-likeness (QED) is 0.698. The number of carbonyl (C=O) groups excluding carboxylic acids is 1. The minimum atomic E-state index is -0.245. The molecule has 0 unspecified atom stereocenters. The summed E-state index contributed by atoms with van der Waals surface area (Å²) in [6.07, 6.45) is 1.24. The normalized spacial score (nSPS) is 14.4. The Balaban J connectivity index is 1.86. The van der Waals surface area contributed by atoms with Crippen LogP contribution in [-0.2, 0) is 4.79 Å². The van der Waals surface area contributed by atoms with Crippen molar-refractivity contribution in [3.8, 4) is 11.6 Å². The van der Waals surface area contributed by atoms with Crippen LogP contribution < -0.4 is 19.7 Å². The Bertz CT molecular complexity index is 857. The van der Waals surface area contributed by atoms with Crippen molar-refractivity contribution in [3.05, 3.63) is 43.0 Å². The fourth-order valence-corrected chi connectivity index (χ4v) is 3.96. The number of methoxy groups -OCH3 is 2. The van der Waals surface area contributed by atoms with Gasteiger partial charge in [0.1, 0.15) is 16.5 Å². The molecule has 0 saturated carbocycles. The average Bonchev–Trinajstić information content (AvgIpc) is 2.74. The summed E-state index contributed by atoms with van der Waals surface area (Å²) in [6.45, 7) is 7.21. The molecule has 8 heteroatoms. The monoisotopic (exact) mass is 414 g/mol. The third kappa shape index (κ3) is 5.21. The van der Waals surface area contributed by atoms with Crippen molar-refractivity contribution in [3.63, 3.8) is 0 Å². The first-order valence-corrected chi connectivity index (χ1v) is 10.1. The summed E-state index contributed by atoms with van der Waals surface area (Å²) < 4.78 is 11.3. The third-order valence-corrected chi connectivity index (χ3v) is 5.55. The molecule has 7 nitrogen and oxygen atoms in total. The SMILES string of the molecule is C=CC(=O)Nc1cccc(Sc2cc(OC)c(N3CCN(C)CC3)c(OC)n2)c1. The molecule has 0 spiro atoms. The van der Waals surface area contributed by atoms with Gasteiger partial charge >= 0.3 is 0 Å². The molecule has 29 heavy (non-hydrogen) atoms. The first-order chi connectivity index (χ1) is 14.0. The Morgan fingerprint density at radius 1 is 1.21 bits per heavy atom. The zero-order chi connectivity index (χ0) is 20.8. The Morgan fingerprint density at radius 3 is 2.62 bits per heavy atom. The summed E-state index contributed by atoms with van der Waals surface area (Å²) in [5.41, 5.74) is 1.59. The van der Waals surface area contributed by atoms with E-state index in [4.69, 9.17) is 14.5 Å². The summed E-state index contributed by atoms with van der Waals surface area (Å²) >= 11 is 1.48. The highest BCUT2D eigenvalue weighted by Gasteiger charge is 2.24. The standard InChI is InChI=1S/C21H26N4O3S/c1-5-18(26)22-15-7-6-8-16(13-15)29-19-14-17(27-3)20(21(23-19)28-4)25-11-9-24(2)10-12-25/h5-8,13-14H,1,9-12H2,2-4H3,(H,22,26). The number of amides is 1. The van der Waals surface area contributed by atoms with Gasteiger partial charge in [-0.2, -0.15) is 0 Å². The van der Waals surface area contributed by atoms with Crippen molar-refractivity contribution < 1.29 is 14.3 Å². The highest BCUT2D eigenvalue weighted by molar-refractivity contribution is 7.99. The van der Waals surface area contributed by atoms with Gasteiger partial charge in [0.05, 0.1) is 14.2 Å². The Labute approximate surface area is 175 Å². The number of piperazine rings is 1. The predicted octanol–water partition coefficient (Wildman–Crippen LogP) is 3.13. The lowest BCUT2D eigenvalue weighted by atomic mass is 10.2. The summed E-state index contributed by atoms with van der Waals surface area (Å²) in [4.78, 5) is 21.7. The Kier molecular flexibility index (Phi) is 7.00. The number of rotatable bonds is 7. The second kappa shape index (κ2) is 9.67. The zero-order valence-electron chi connectivity index (χ0n) is 17.0. The molecule has 1 fully saturated rings. The highest BCUT2D eigenvalue weighted by Crippen LogP contribution is 2.41. The van der Waals surface area contributed by atoms with E-state index in [1.165, 1.54) is 17.8 Å². The van der Waals surface area contributed by atoms with Crippen LogP contribution in [0.2, 0.25) is 0 Å². The van der Waals surface area contributed by atoms with Gasteiger partial charge in [-0.25, -0.2) is 4.98 Å². The fraction of sp³-hybridized carbons (Fsp3) is 0.333. The van der Waals surface area contributed by atoms with Crippen LogP contribution >= 0.6 is 11.8 Å². The van der Waals surface area contributed by atoms with E-state index in [1.807, 2.05) is 30.3 Å². The van der Waals surface area contributed by atoms with Crippen LogP contribution in [0.1, 0.15) is 0 Å². The van der Waals surface area contributed by atoms with Gasteiger partial charge in [-0.05, 0) is 31.3 Å². The molecule has 1 aromatic carbocycles. The molecule has 2 aromatic rings. The zero-order valence-corrected chi connectivity index (χ0v) is 17.8. The van der Waals surface area contributed by atoms with Crippen molar-refractivity contribution >= 4 is 29.0 Å². The maximum absolute atomic E-state index is 11.5. The maximum atomic E-state index is 11.5. The van der Waals surface area contributed by atoms with E-state index < -0.39 is 0 Å². The average molecular weight is 415 g/mol. The van der Waals surface area contributed by atoms with Gasteiger partial charge in [0, 0.05) is 42.8 Å². The van der Waals surface area contributed by atoms with Gasteiger partial charge in [-0.3, -0.25) is 4.79 Å². The van der Waals surface area contributed by atoms with Crippen LogP contribution in [0.25, 0.3) is 0 Å². The lowest BCUT2D eigenvalue weighted by Gasteiger charge is -2.35. The second-order valence-corrected chi connectivity index (χ2v) is 7.73. The van der Waals surface area contributed by atoms with E-state index in [1.54, 1.807) is 14.2 Å². The van der Waals surface area contributed by atoms with Gasteiger partial charge < -0.3 is 24.6 Å². The van der Waals surface area contributed by atoms with Crippen molar-refractivity contribution in [2.75, 3.05) is 57.7 Å². The van der Waals surface area contributed by atoms with Crippen molar-refractivity contribution in [1.29, 1.82) is 0 Å². The van der Waals surface area contributed by atoms with Crippen LogP contribution in [0.4, 0.5) is 11.4 Å². The van der Waals surface area contributed by atoms with Crippen LogP contribution in [0.15, 0.2) is 52.9 Å². The fourth-order valence-electron chi connectivity index (χ4n) is 3.09. The molecule has 3 rings (SSSR count). The van der Waals surface area contributed by atoms with E-state index in [-0.39, 0.29) is 5.91 Å². The van der Waals surface area contributed by atoms with E-state index in [0.29, 0.717) is 11.6 Å².